The van der Waals surface area contributed by atoms with E-state index >= 15 is 0 Å². The van der Waals surface area contributed by atoms with Gasteiger partial charge in [0, 0.05) is 5.92 Å². The number of carbonyl (C=O) groups is 1. The van der Waals surface area contributed by atoms with Crippen molar-refractivity contribution in [2.24, 2.45) is 0 Å². The second-order valence-electron chi connectivity index (χ2n) is 5.03. The van der Waals surface area contributed by atoms with E-state index in [2.05, 4.69) is 36.9 Å². The molecule has 0 saturated heterocycles. The fraction of sp³-hybridized carbons (Fsp3) is 0.235. The Hall–Kier alpha value is -1.74. The molecule has 0 bridgehead atoms. The quantitative estimate of drug-likeness (QED) is 0.687. The van der Waals surface area contributed by atoms with Gasteiger partial charge in [-0.3, -0.25) is 4.79 Å². The van der Waals surface area contributed by atoms with Crippen LogP contribution in [0.1, 0.15) is 24.0 Å². The highest BCUT2D eigenvalue weighted by Crippen LogP contribution is 2.44. The van der Waals surface area contributed by atoms with E-state index < -0.39 is 0 Å². The molecule has 2 aromatic rings. The van der Waals surface area contributed by atoms with Crippen molar-refractivity contribution in [3.05, 3.63) is 59.7 Å². The number of fused-ring (bicyclic) bond motifs is 3. The SMILES string of the molecule is CC(S)C(=O)OCC1c2ccccc2-c2ccccc21. The van der Waals surface area contributed by atoms with Crippen LogP contribution in [0.2, 0.25) is 0 Å². The summed E-state index contributed by atoms with van der Waals surface area (Å²) in [5, 5.41) is -0.387. The molecule has 0 heterocycles. The minimum atomic E-state index is -0.387. The summed E-state index contributed by atoms with van der Waals surface area (Å²) in [6.45, 7) is 2.10. The van der Waals surface area contributed by atoms with Crippen LogP contribution in [0.25, 0.3) is 11.1 Å². The van der Waals surface area contributed by atoms with Gasteiger partial charge >= 0.3 is 5.97 Å². The third-order valence-corrected chi connectivity index (χ3v) is 3.91. The molecule has 102 valence electrons. The van der Waals surface area contributed by atoms with Crippen LogP contribution in [0.15, 0.2) is 48.5 Å². The highest BCUT2D eigenvalue weighted by atomic mass is 32.1. The summed E-state index contributed by atoms with van der Waals surface area (Å²) in [6.07, 6.45) is 0. The van der Waals surface area contributed by atoms with Gasteiger partial charge in [0.15, 0.2) is 0 Å². The molecule has 0 N–H and O–H groups in total. The Balaban J connectivity index is 1.93. The Kier molecular flexibility index (Phi) is 3.53. The van der Waals surface area contributed by atoms with Crippen LogP contribution >= 0.6 is 12.6 Å². The van der Waals surface area contributed by atoms with Crippen LogP contribution in [0, 0.1) is 0 Å². The third-order valence-electron chi connectivity index (χ3n) is 3.70. The van der Waals surface area contributed by atoms with Gasteiger partial charge in [0.05, 0.1) is 5.25 Å². The number of thiol groups is 1. The maximum atomic E-state index is 11.6. The maximum absolute atomic E-state index is 11.6. The van der Waals surface area contributed by atoms with Crippen molar-refractivity contribution < 1.29 is 9.53 Å². The van der Waals surface area contributed by atoms with Crippen molar-refractivity contribution in [1.29, 1.82) is 0 Å². The number of rotatable bonds is 3. The Labute approximate surface area is 124 Å². The summed E-state index contributed by atoms with van der Waals surface area (Å²) in [6, 6.07) is 16.6. The van der Waals surface area contributed by atoms with E-state index in [1.807, 2.05) is 24.3 Å². The molecule has 1 unspecified atom stereocenters. The standard InChI is InChI=1S/C17H16O2S/c1-11(20)17(18)19-10-16-14-8-4-2-6-12(14)13-7-3-5-9-15(13)16/h2-9,11,16,20H,10H2,1H3. The maximum Gasteiger partial charge on any atom is 0.318 e. The van der Waals surface area contributed by atoms with Gasteiger partial charge in [-0.05, 0) is 29.2 Å². The summed E-state index contributed by atoms with van der Waals surface area (Å²) in [5.41, 5.74) is 4.94. The Morgan fingerprint density at radius 2 is 1.60 bits per heavy atom. The normalized spacial score (nSPS) is 14.5. The first kappa shape index (κ1) is 13.3. The lowest BCUT2D eigenvalue weighted by Gasteiger charge is -2.14. The summed E-state index contributed by atoms with van der Waals surface area (Å²) in [5.74, 6) is -0.145. The Morgan fingerprint density at radius 3 is 2.10 bits per heavy atom. The Morgan fingerprint density at radius 1 is 1.10 bits per heavy atom. The van der Waals surface area contributed by atoms with Gasteiger partial charge in [0.1, 0.15) is 6.61 Å². The topological polar surface area (TPSA) is 26.3 Å². The zero-order valence-electron chi connectivity index (χ0n) is 11.2. The molecule has 0 amide bonds. The zero-order valence-corrected chi connectivity index (χ0v) is 12.1. The van der Waals surface area contributed by atoms with E-state index in [1.165, 1.54) is 22.3 Å². The minimum Gasteiger partial charge on any atom is -0.464 e. The predicted molar refractivity (Wildman–Crippen MR) is 83.1 cm³/mol. The van der Waals surface area contributed by atoms with Gasteiger partial charge in [-0.2, -0.15) is 12.6 Å². The van der Waals surface area contributed by atoms with E-state index in [0.29, 0.717) is 6.61 Å². The van der Waals surface area contributed by atoms with Crippen molar-refractivity contribution in [2.45, 2.75) is 18.1 Å². The molecular formula is C17H16O2S. The van der Waals surface area contributed by atoms with Crippen LogP contribution in [0.3, 0.4) is 0 Å². The van der Waals surface area contributed by atoms with E-state index in [-0.39, 0.29) is 17.1 Å². The van der Waals surface area contributed by atoms with E-state index in [1.54, 1.807) is 6.92 Å². The molecule has 0 radical (unpaired) electrons. The summed E-state index contributed by atoms with van der Waals surface area (Å²) in [7, 11) is 0. The lowest BCUT2D eigenvalue weighted by molar-refractivity contribution is -0.142. The molecule has 1 aliphatic carbocycles. The fourth-order valence-corrected chi connectivity index (χ4v) is 2.80. The van der Waals surface area contributed by atoms with E-state index in [0.717, 1.165) is 0 Å². The van der Waals surface area contributed by atoms with Crippen molar-refractivity contribution in [3.63, 3.8) is 0 Å². The molecule has 20 heavy (non-hydrogen) atoms. The number of esters is 1. The van der Waals surface area contributed by atoms with Gasteiger partial charge in [0.2, 0.25) is 0 Å². The highest BCUT2D eigenvalue weighted by Gasteiger charge is 2.29. The summed E-state index contributed by atoms with van der Waals surface area (Å²) in [4.78, 5) is 11.6. The molecule has 2 nitrogen and oxygen atoms in total. The van der Waals surface area contributed by atoms with Crippen LogP contribution in [0.4, 0.5) is 0 Å². The van der Waals surface area contributed by atoms with Crippen molar-refractivity contribution >= 4 is 18.6 Å². The van der Waals surface area contributed by atoms with E-state index in [9.17, 15) is 4.79 Å². The fourth-order valence-electron chi connectivity index (χ4n) is 2.73. The van der Waals surface area contributed by atoms with Crippen molar-refractivity contribution in [2.75, 3.05) is 6.61 Å². The molecule has 1 aliphatic rings. The van der Waals surface area contributed by atoms with Gasteiger partial charge in [-0.25, -0.2) is 0 Å². The monoisotopic (exact) mass is 284 g/mol. The molecule has 0 saturated carbocycles. The average molecular weight is 284 g/mol. The van der Waals surface area contributed by atoms with Crippen LogP contribution in [-0.4, -0.2) is 17.8 Å². The van der Waals surface area contributed by atoms with Gasteiger partial charge in [-0.15, -0.1) is 0 Å². The third kappa shape index (κ3) is 2.22. The molecule has 3 heteroatoms. The first-order valence-corrected chi connectivity index (χ1v) is 7.23. The summed E-state index contributed by atoms with van der Waals surface area (Å²) < 4.78 is 5.39. The molecule has 3 rings (SSSR count). The van der Waals surface area contributed by atoms with Gasteiger partial charge in [-0.1, -0.05) is 48.5 Å². The van der Waals surface area contributed by atoms with Gasteiger partial charge < -0.3 is 4.74 Å². The predicted octanol–water partition coefficient (Wildman–Crippen LogP) is 3.66. The number of carbonyl (C=O) groups excluding carboxylic acids is 1. The second kappa shape index (κ2) is 5.33. The number of hydrogen-bond donors (Lipinski definition) is 1. The first-order chi connectivity index (χ1) is 9.68. The number of benzene rings is 2. The second-order valence-corrected chi connectivity index (χ2v) is 5.81. The molecule has 0 fully saturated rings. The first-order valence-electron chi connectivity index (χ1n) is 6.71. The molecule has 0 aromatic heterocycles. The van der Waals surface area contributed by atoms with Crippen LogP contribution in [-0.2, 0) is 9.53 Å². The van der Waals surface area contributed by atoms with Crippen molar-refractivity contribution in [3.8, 4) is 11.1 Å². The smallest absolute Gasteiger partial charge is 0.318 e. The van der Waals surface area contributed by atoms with Crippen molar-refractivity contribution in [1.82, 2.24) is 0 Å². The zero-order chi connectivity index (χ0) is 14.1. The molecule has 0 spiro atoms. The number of ether oxygens (including phenoxy) is 1. The Bertz CT molecular complexity index is 603. The lowest BCUT2D eigenvalue weighted by atomic mass is 9.98. The number of hydrogen-bond acceptors (Lipinski definition) is 3. The summed E-state index contributed by atoms with van der Waals surface area (Å²) >= 11 is 4.11. The largest absolute Gasteiger partial charge is 0.464 e. The molecular weight excluding hydrogens is 268 g/mol. The lowest BCUT2D eigenvalue weighted by Crippen LogP contribution is -2.18. The van der Waals surface area contributed by atoms with Crippen LogP contribution in [0.5, 0.6) is 0 Å². The molecule has 1 atom stereocenters. The average Bonchev–Trinajstić information content (AvgIpc) is 2.79. The van der Waals surface area contributed by atoms with Crippen LogP contribution < -0.4 is 0 Å². The highest BCUT2D eigenvalue weighted by molar-refractivity contribution is 7.81. The van der Waals surface area contributed by atoms with E-state index in [4.69, 9.17) is 4.74 Å². The molecule has 2 aromatic carbocycles. The minimum absolute atomic E-state index is 0.124. The van der Waals surface area contributed by atoms with Gasteiger partial charge in [0.25, 0.3) is 0 Å². The molecule has 0 aliphatic heterocycles.